The Morgan fingerprint density at radius 1 is 0.826 bits per heavy atom. The number of hydrogen-bond donors (Lipinski definition) is 0. The fourth-order valence-electron chi connectivity index (χ4n) is 2.48. The maximum absolute atomic E-state index is 12.5. The first-order chi connectivity index (χ1) is 10.9. The molecule has 3 rings (SSSR count). The Bertz CT molecular complexity index is 848. The normalized spacial score (nSPS) is 11.6. The fourth-order valence-corrected chi connectivity index (χ4v) is 2.48. The molecule has 0 atom stereocenters. The van der Waals surface area contributed by atoms with E-state index in [1.807, 2.05) is 42.5 Å². The van der Waals surface area contributed by atoms with E-state index in [0.717, 1.165) is 28.5 Å². The van der Waals surface area contributed by atoms with Crippen molar-refractivity contribution in [1.82, 2.24) is 0 Å². The molecular formula is C19H13F3O. The van der Waals surface area contributed by atoms with Crippen LogP contribution in [0.25, 0.3) is 10.8 Å². The van der Waals surface area contributed by atoms with Crippen LogP contribution in [0.4, 0.5) is 13.2 Å². The minimum atomic E-state index is -4.39. The lowest BCUT2D eigenvalue weighted by atomic mass is 9.99. The van der Waals surface area contributed by atoms with E-state index < -0.39 is 11.7 Å². The molecule has 0 heterocycles. The van der Waals surface area contributed by atoms with E-state index in [4.69, 9.17) is 0 Å². The van der Waals surface area contributed by atoms with Crippen LogP contribution in [-0.2, 0) is 12.6 Å². The predicted molar refractivity (Wildman–Crippen MR) is 83.4 cm³/mol. The van der Waals surface area contributed by atoms with Crippen molar-refractivity contribution in [1.29, 1.82) is 0 Å². The van der Waals surface area contributed by atoms with Gasteiger partial charge < -0.3 is 0 Å². The molecule has 0 saturated carbocycles. The minimum absolute atomic E-state index is 0.163. The summed E-state index contributed by atoms with van der Waals surface area (Å²) in [6, 6.07) is 17.9. The lowest BCUT2D eigenvalue weighted by molar-refractivity contribution is -0.137. The number of alkyl halides is 3. The molecule has 0 amide bonds. The van der Waals surface area contributed by atoms with E-state index >= 15 is 0 Å². The zero-order valence-electron chi connectivity index (χ0n) is 12.1. The van der Waals surface area contributed by atoms with Gasteiger partial charge in [-0.2, -0.15) is 13.2 Å². The van der Waals surface area contributed by atoms with Gasteiger partial charge in [0.1, 0.15) is 0 Å². The van der Waals surface area contributed by atoms with Crippen LogP contribution in [0.3, 0.4) is 0 Å². The summed E-state index contributed by atoms with van der Waals surface area (Å²) in [5.41, 5.74) is 0.375. The van der Waals surface area contributed by atoms with Gasteiger partial charge >= 0.3 is 6.18 Å². The Kier molecular flexibility index (Phi) is 3.90. The van der Waals surface area contributed by atoms with Gasteiger partial charge in [-0.25, -0.2) is 0 Å². The Balaban J connectivity index is 1.80. The summed E-state index contributed by atoms with van der Waals surface area (Å²) >= 11 is 0. The Hall–Kier alpha value is -2.62. The van der Waals surface area contributed by atoms with Crippen molar-refractivity contribution >= 4 is 16.6 Å². The Morgan fingerprint density at radius 2 is 1.48 bits per heavy atom. The Morgan fingerprint density at radius 3 is 2.13 bits per heavy atom. The molecule has 116 valence electrons. The monoisotopic (exact) mass is 314 g/mol. The largest absolute Gasteiger partial charge is 0.416 e. The lowest BCUT2D eigenvalue weighted by Crippen LogP contribution is -2.07. The van der Waals surface area contributed by atoms with Crippen molar-refractivity contribution in [3.05, 3.63) is 83.4 Å². The van der Waals surface area contributed by atoms with E-state index in [2.05, 4.69) is 0 Å². The maximum atomic E-state index is 12.5. The molecule has 0 bridgehead atoms. The molecule has 0 N–H and O–H groups in total. The molecule has 0 radical (unpaired) electrons. The fraction of sp³-hybridized carbons (Fsp3) is 0.105. The first-order valence-electron chi connectivity index (χ1n) is 7.11. The number of carbonyl (C=O) groups excluding carboxylic acids is 1. The second-order valence-corrected chi connectivity index (χ2v) is 5.36. The van der Waals surface area contributed by atoms with Crippen molar-refractivity contribution in [3.8, 4) is 0 Å². The first kappa shape index (κ1) is 15.3. The van der Waals surface area contributed by atoms with Gasteiger partial charge in [0.05, 0.1) is 5.56 Å². The standard InChI is InChI=1S/C19H13F3O/c20-19(21,22)17-9-7-15(8-10-17)18(23)12-13-5-6-14-3-1-2-4-16(14)11-13/h1-11H,12H2. The molecule has 0 aromatic heterocycles. The van der Waals surface area contributed by atoms with Crippen LogP contribution in [0.2, 0.25) is 0 Å². The molecule has 0 aliphatic heterocycles. The van der Waals surface area contributed by atoms with Gasteiger partial charge in [0, 0.05) is 12.0 Å². The van der Waals surface area contributed by atoms with Crippen LogP contribution in [0, 0.1) is 0 Å². The SMILES string of the molecule is O=C(Cc1ccc2ccccc2c1)c1ccc(C(F)(F)F)cc1. The van der Waals surface area contributed by atoms with Crippen LogP contribution < -0.4 is 0 Å². The summed E-state index contributed by atoms with van der Waals surface area (Å²) in [6.07, 6.45) is -4.23. The van der Waals surface area contributed by atoms with Gasteiger partial charge in [-0.3, -0.25) is 4.79 Å². The quantitative estimate of drug-likeness (QED) is 0.601. The average molecular weight is 314 g/mol. The molecule has 1 nitrogen and oxygen atoms in total. The van der Waals surface area contributed by atoms with E-state index in [1.54, 1.807) is 0 Å². The summed E-state index contributed by atoms with van der Waals surface area (Å²) < 4.78 is 37.6. The first-order valence-corrected chi connectivity index (χ1v) is 7.11. The highest BCUT2D eigenvalue weighted by Gasteiger charge is 2.30. The number of carbonyl (C=O) groups is 1. The highest BCUT2D eigenvalue weighted by Crippen LogP contribution is 2.29. The highest BCUT2D eigenvalue weighted by molar-refractivity contribution is 5.98. The smallest absolute Gasteiger partial charge is 0.294 e. The van der Waals surface area contributed by atoms with Crippen LogP contribution in [-0.4, -0.2) is 5.78 Å². The summed E-state index contributed by atoms with van der Waals surface area (Å²) in [5, 5.41) is 2.11. The van der Waals surface area contributed by atoms with Crippen LogP contribution in [0.1, 0.15) is 21.5 Å². The van der Waals surface area contributed by atoms with E-state index in [0.29, 0.717) is 0 Å². The van der Waals surface area contributed by atoms with E-state index in [1.165, 1.54) is 12.1 Å². The maximum Gasteiger partial charge on any atom is 0.416 e. The molecule has 0 saturated heterocycles. The topological polar surface area (TPSA) is 17.1 Å². The van der Waals surface area contributed by atoms with Crippen molar-refractivity contribution in [3.63, 3.8) is 0 Å². The van der Waals surface area contributed by atoms with E-state index in [-0.39, 0.29) is 17.8 Å². The van der Waals surface area contributed by atoms with Crippen LogP contribution in [0.15, 0.2) is 66.7 Å². The highest BCUT2D eigenvalue weighted by atomic mass is 19.4. The second-order valence-electron chi connectivity index (χ2n) is 5.36. The van der Waals surface area contributed by atoms with Crippen LogP contribution >= 0.6 is 0 Å². The number of fused-ring (bicyclic) bond motifs is 1. The van der Waals surface area contributed by atoms with Crippen molar-refractivity contribution in [2.75, 3.05) is 0 Å². The molecule has 23 heavy (non-hydrogen) atoms. The molecule has 0 spiro atoms. The van der Waals surface area contributed by atoms with Gasteiger partial charge in [0.2, 0.25) is 0 Å². The molecule has 3 aromatic rings. The summed E-state index contributed by atoms with van der Waals surface area (Å²) in [7, 11) is 0. The molecule has 0 fully saturated rings. The zero-order chi connectivity index (χ0) is 16.4. The van der Waals surface area contributed by atoms with Crippen molar-refractivity contribution < 1.29 is 18.0 Å². The third-order valence-electron chi connectivity index (χ3n) is 3.71. The van der Waals surface area contributed by atoms with Gasteiger partial charge in [-0.05, 0) is 28.5 Å². The van der Waals surface area contributed by atoms with Gasteiger partial charge in [0.25, 0.3) is 0 Å². The van der Waals surface area contributed by atoms with Gasteiger partial charge in [-0.15, -0.1) is 0 Å². The van der Waals surface area contributed by atoms with Gasteiger partial charge in [0.15, 0.2) is 5.78 Å². The van der Waals surface area contributed by atoms with Gasteiger partial charge in [-0.1, -0.05) is 54.6 Å². The average Bonchev–Trinajstić information content (AvgIpc) is 2.54. The van der Waals surface area contributed by atoms with Crippen molar-refractivity contribution in [2.45, 2.75) is 12.6 Å². The number of hydrogen-bond acceptors (Lipinski definition) is 1. The number of ketones is 1. The molecule has 0 unspecified atom stereocenters. The Labute approximate surface area is 131 Å². The number of benzene rings is 3. The molecule has 3 aromatic carbocycles. The zero-order valence-corrected chi connectivity index (χ0v) is 12.1. The minimum Gasteiger partial charge on any atom is -0.294 e. The number of rotatable bonds is 3. The predicted octanol–water partition coefficient (Wildman–Crippen LogP) is 5.28. The molecule has 0 aliphatic rings. The molecule has 4 heteroatoms. The second kappa shape index (κ2) is 5.88. The lowest BCUT2D eigenvalue weighted by Gasteiger charge is -2.07. The summed E-state index contributed by atoms with van der Waals surface area (Å²) in [6.45, 7) is 0. The van der Waals surface area contributed by atoms with E-state index in [9.17, 15) is 18.0 Å². The third kappa shape index (κ3) is 3.42. The molecular weight excluding hydrogens is 301 g/mol. The number of halogens is 3. The van der Waals surface area contributed by atoms with Crippen molar-refractivity contribution in [2.24, 2.45) is 0 Å². The molecule has 0 aliphatic carbocycles. The third-order valence-corrected chi connectivity index (χ3v) is 3.71. The van der Waals surface area contributed by atoms with Crippen LogP contribution in [0.5, 0.6) is 0 Å². The number of Topliss-reactive ketones (excluding diaryl/α,β-unsaturated/α-hetero) is 1. The summed E-state index contributed by atoms with van der Waals surface area (Å²) in [4.78, 5) is 12.2. The summed E-state index contributed by atoms with van der Waals surface area (Å²) in [5.74, 6) is -0.200.